The van der Waals surface area contributed by atoms with Crippen LogP contribution in [0.15, 0.2) is 64.6 Å². The zero-order valence-electron chi connectivity index (χ0n) is 20.7. The molecule has 0 unspecified atom stereocenters. The molecule has 3 aromatic rings. The van der Waals surface area contributed by atoms with Gasteiger partial charge in [0.15, 0.2) is 0 Å². The monoisotopic (exact) mass is 713 g/mol. The van der Waals surface area contributed by atoms with E-state index in [1.807, 2.05) is 18.2 Å². The fourth-order valence-corrected chi connectivity index (χ4v) is 2.79. The molecule has 0 amide bonds. The lowest BCUT2D eigenvalue weighted by molar-refractivity contribution is 0.135. The Kier molecular flexibility index (Phi) is 26.0. The zero-order valence-corrected chi connectivity index (χ0v) is 25.6. The van der Waals surface area contributed by atoms with Gasteiger partial charge in [0.1, 0.15) is 6.61 Å². The standard InChI is InChI=1S/C9H12BrNO2.C6H6BrNO.C6H7NO2.C3H8O2.BrH/c1-12-4-5-13-9-6-8(7-10)2-3-11-9;7-4-5-1-2-8-6(9)3-5;8-4-5-1-2-7-6(9)3-5;1-5-3-2-4;/h2-3,6H,4-5,7H2,1H3;1-3H,4H2,(H,8,9);1-3,8H,4H2,(H,7,9);4H,2-3H2,1H3;1H. The third-order valence-corrected chi connectivity index (χ3v) is 5.10. The van der Waals surface area contributed by atoms with Crippen LogP contribution < -0.4 is 15.9 Å². The highest BCUT2D eigenvalue weighted by atomic mass is 79.9. The first-order chi connectivity index (χ1) is 17.4. The number of pyridine rings is 3. The molecular formula is C24H34Br3N3O7. The number of ether oxygens (including phenoxy) is 3. The molecule has 0 bridgehead atoms. The van der Waals surface area contributed by atoms with Crippen LogP contribution in [0.25, 0.3) is 0 Å². The number of methoxy groups -OCH3 is 2. The number of rotatable bonds is 9. The fraction of sp³-hybridized carbons (Fsp3) is 0.375. The molecule has 0 aliphatic rings. The predicted octanol–water partition coefficient (Wildman–Crippen LogP) is 3.34. The highest BCUT2D eigenvalue weighted by molar-refractivity contribution is 9.08. The third-order valence-electron chi connectivity index (χ3n) is 3.80. The van der Waals surface area contributed by atoms with Crippen molar-refractivity contribution in [1.29, 1.82) is 0 Å². The fourth-order valence-electron chi connectivity index (χ4n) is 2.09. The van der Waals surface area contributed by atoms with Gasteiger partial charge in [0.2, 0.25) is 17.0 Å². The van der Waals surface area contributed by atoms with Crippen molar-refractivity contribution in [3.63, 3.8) is 0 Å². The van der Waals surface area contributed by atoms with Crippen molar-refractivity contribution in [3.8, 4) is 5.88 Å². The Labute approximate surface area is 243 Å². The molecule has 0 radical (unpaired) electrons. The predicted molar refractivity (Wildman–Crippen MR) is 156 cm³/mol. The first-order valence-electron chi connectivity index (χ1n) is 10.7. The van der Waals surface area contributed by atoms with Gasteiger partial charge < -0.3 is 34.4 Å². The molecule has 0 aromatic carbocycles. The van der Waals surface area contributed by atoms with E-state index in [9.17, 15) is 9.59 Å². The molecule has 0 saturated carbocycles. The topological polar surface area (TPSA) is 147 Å². The van der Waals surface area contributed by atoms with Crippen molar-refractivity contribution in [2.45, 2.75) is 17.3 Å². The van der Waals surface area contributed by atoms with Crippen molar-refractivity contribution < 1.29 is 24.4 Å². The molecule has 4 N–H and O–H groups in total. The Bertz CT molecular complexity index is 996. The number of nitrogens with zero attached hydrogens (tertiary/aromatic N) is 1. The van der Waals surface area contributed by atoms with Gasteiger partial charge >= 0.3 is 0 Å². The Balaban J connectivity index is 0. The number of aliphatic hydroxyl groups excluding tert-OH is 2. The highest BCUT2D eigenvalue weighted by Crippen LogP contribution is 2.11. The van der Waals surface area contributed by atoms with E-state index in [0.29, 0.717) is 31.3 Å². The molecule has 0 aliphatic heterocycles. The summed E-state index contributed by atoms with van der Waals surface area (Å²) in [7, 11) is 3.20. The number of H-pyrrole nitrogens is 2. The molecule has 0 aliphatic carbocycles. The molecule has 3 heterocycles. The number of aromatic amines is 2. The Hall–Kier alpha value is -1.87. The lowest BCUT2D eigenvalue weighted by atomic mass is 10.3. The van der Waals surface area contributed by atoms with Crippen LogP contribution in [0.2, 0.25) is 0 Å². The summed E-state index contributed by atoms with van der Waals surface area (Å²) in [4.78, 5) is 30.1. The number of aromatic nitrogens is 3. The van der Waals surface area contributed by atoms with Crippen LogP contribution in [-0.2, 0) is 26.7 Å². The van der Waals surface area contributed by atoms with Gasteiger partial charge in [-0.15, -0.1) is 17.0 Å². The summed E-state index contributed by atoms with van der Waals surface area (Å²) in [5.41, 5.74) is 2.56. The Morgan fingerprint density at radius 3 is 1.76 bits per heavy atom. The second kappa shape index (κ2) is 25.8. The molecular weight excluding hydrogens is 682 g/mol. The molecule has 3 aromatic heterocycles. The van der Waals surface area contributed by atoms with Crippen LogP contribution in [0, 0.1) is 0 Å². The van der Waals surface area contributed by atoms with Crippen molar-refractivity contribution in [3.05, 3.63) is 92.4 Å². The van der Waals surface area contributed by atoms with E-state index in [0.717, 1.165) is 21.8 Å². The smallest absolute Gasteiger partial charge is 0.248 e. The van der Waals surface area contributed by atoms with E-state index in [4.69, 9.17) is 19.7 Å². The van der Waals surface area contributed by atoms with Gasteiger partial charge in [0, 0.05) is 61.7 Å². The van der Waals surface area contributed by atoms with Crippen LogP contribution in [0.4, 0.5) is 0 Å². The summed E-state index contributed by atoms with van der Waals surface area (Å²) >= 11 is 6.60. The van der Waals surface area contributed by atoms with Gasteiger partial charge in [-0.3, -0.25) is 9.59 Å². The van der Waals surface area contributed by atoms with Crippen molar-refractivity contribution in [2.75, 3.05) is 40.6 Å². The Morgan fingerprint density at radius 2 is 1.35 bits per heavy atom. The first-order valence-corrected chi connectivity index (χ1v) is 12.9. The summed E-state index contributed by atoms with van der Waals surface area (Å²) in [6, 6.07) is 10.3. The van der Waals surface area contributed by atoms with E-state index in [1.165, 1.54) is 12.3 Å². The maximum Gasteiger partial charge on any atom is 0.248 e. The van der Waals surface area contributed by atoms with E-state index < -0.39 is 0 Å². The van der Waals surface area contributed by atoms with Crippen molar-refractivity contribution in [1.82, 2.24) is 15.0 Å². The van der Waals surface area contributed by atoms with Gasteiger partial charge in [0.25, 0.3) is 0 Å². The van der Waals surface area contributed by atoms with E-state index in [2.05, 4.69) is 51.5 Å². The summed E-state index contributed by atoms with van der Waals surface area (Å²) in [5.74, 6) is 0.647. The molecule has 0 saturated heterocycles. The molecule has 10 nitrogen and oxygen atoms in total. The molecule has 0 fully saturated rings. The first kappa shape index (κ1) is 37.3. The summed E-state index contributed by atoms with van der Waals surface area (Å²) in [6.45, 7) is 1.61. The van der Waals surface area contributed by atoms with Gasteiger partial charge in [-0.05, 0) is 34.9 Å². The maximum absolute atomic E-state index is 10.6. The third kappa shape index (κ3) is 20.8. The van der Waals surface area contributed by atoms with E-state index >= 15 is 0 Å². The molecule has 13 heteroatoms. The Morgan fingerprint density at radius 1 is 0.811 bits per heavy atom. The van der Waals surface area contributed by atoms with Crippen LogP contribution >= 0.6 is 48.8 Å². The molecule has 37 heavy (non-hydrogen) atoms. The van der Waals surface area contributed by atoms with Crippen molar-refractivity contribution >= 4 is 48.8 Å². The minimum absolute atomic E-state index is 0. The number of aliphatic hydroxyl groups is 2. The molecule has 3 rings (SSSR count). The van der Waals surface area contributed by atoms with Crippen LogP contribution in [0.5, 0.6) is 5.88 Å². The summed E-state index contributed by atoms with van der Waals surface area (Å²) < 4.78 is 14.6. The largest absolute Gasteiger partial charge is 0.475 e. The molecule has 208 valence electrons. The second-order valence-corrected chi connectivity index (χ2v) is 7.73. The van der Waals surface area contributed by atoms with Crippen LogP contribution in [-0.4, -0.2) is 65.8 Å². The molecule has 0 spiro atoms. The van der Waals surface area contributed by atoms with Gasteiger partial charge in [-0.25, -0.2) is 4.98 Å². The van der Waals surface area contributed by atoms with Crippen LogP contribution in [0.1, 0.15) is 16.7 Å². The minimum Gasteiger partial charge on any atom is -0.475 e. The number of hydrogen-bond donors (Lipinski definition) is 4. The van der Waals surface area contributed by atoms with Gasteiger partial charge in [-0.1, -0.05) is 31.9 Å². The number of hydrogen-bond acceptors (Lipinski definition) is 8. The lowest BCUT2D eigenvalue weighted by Gasteiger charge is -2.04. The lowest BCUT2D eigenvalue weighted by Crippen LogP contribution is -2.05. The van der Waals surface area contributed by atoms with Gasteiger partial charge in [-0.2, -0.15) is 0 Å². The van der Waals surface area contributed by atoms with Gasteiger partial charge in [0.05, 0.1) is 26.4 Å². The van der Waals surface area contributed by atoms with Crippen LogP contribution in [0.3, 0.4) is 0 Å². The summed E-state index contributed by atoms with van der Waals surface area (Å²) in [5, 5.41) is 18.0. The highest BCUT2D eigenvalue weighted by Gasteiger charge is 1.96. The minimum atomic E-state index is -0.179. The number of alkyl halides is 2. The number of halogens is 3. The summed E-state index contributed by atoms with van der Waals surface area (Å²) in [6.07, 6.45) is 4.88. The number of nitrogens with one attached hydrogen (secondary N) is 2. The SMILES string of the molecule is Br.COCCO.COCCOc1cc(CBr)ccn1.O=c1cc(CBr)cc[nH]1.O=c1cc(CO)cc[nH]1. The van der Waals surface area contributed by atoms with Crippen molar-refractivity contribution in [2.24, 2.45) is 0 Å². The maximum atomic E-state index is 10.6. The average molecular weight is 716 g/mol. The zero-order chi connectivity index (χ0) is 27.0. The molecule has 0 atom stereocenters. The average Bonchev–Trinajstić information content (AvgIpc) is 2.90. The quantitative estimate of drug-likeness (QED) is 0.195. The van der Waals surface area contributed by atoms with E-state index in [-0.39, 0.29) is 41.3 Å². The normalized spacial score (nSPS) is 9.24. The van der Waals surface area contributed by atoms with E-state index in [1.54, 1.807) is 38.7 Å². The second-order valence-electron chi connectivity index (χ2n) is 6.61.